The van der Waals surface area contributed by atoms with Crippen molar-refractivity contribution in [3.05, 3.63) is 29.6 Å². The van der Waals surface area contributed by atoms with Gasteiger partial charge in [-0.15, -0.1) is 0 Å². The Morgan fingerprint density at radius 2 is 1.68 bits per heavy atom. The molecule has 2 aliphatic rings. The summed E-state index contributed by atoms with van der Waals surface area (Å²) in [5.41, 5.74) is 1.27. The second-order valence-electron chi connectivity index (χ2n) is 7.39. The summed E-state index contributed by atoms with van der Waals surface area (Å²) in [6.45, 7) is 10.1. The topological polar surface area (TPSA) is 30.5 Å². The van der Waals surface area contributed by atoms with Crippen LogP contribution in [0.1, 0.15) is 52.0 Å². The van der Waals surface area contributed by atoms with Gasteiger partial charge in [-0.3, -0.25) is 0 Å². The molecule has 2 saturated heterocycles. The fraction of sp³-hybridized carbons (Fsp3) is 0.647. The van der Waals surface area contributed by atoms with Gasteiger partial charge in [0.2, 0.25) is 0 Å². The molecule has 0 unspecified atom stereocenters. The summed E-state index contributed by atoms with van der Waals surface area (Å²) in [4.78, 5) is 0. The first-order chi connectivity index (χ1) is 10.3. The summed E-state index contributed by atoms with van der Waals surface area (Å²) in [6.07, 6.45) is 2.05. The van der Waals surface area contributed by atoms with Gasteiger partial charge in [0.1, 0.15) is 5.82 Å². The fourth-order valence-electron chi connectivity index (χ4n) is 3.22. The molecule has 0 aliphatic carbocycles. The van der Waals surface area contributed by atoms with E-state index in [9.17, 15) is 4.39 Å². The molecular formula is C17H25BFNO2. The number of rotatable bonds is 2. The van der Waals surface area contributed by atoms with Crippen molar-refractivity contribution in [2.75, 3.05) is 13.1 Å². The molecule has 1 N–H and O–H groups in total. The monoisotopic (exact) mass is 305 g/mol. The Morgan fingerprint density at radius 1 is 1.09 bits per heavy atom. The van der Waals surface area contributed by atoms with E-state index in [1.54, 1.807) is 6.07 Å². The summed E-state index contributed by atoms with van der Waals surface area (Å²) >= 11 is 0. The lowest BCUT2D eigenvalue weighted by Gasteiger charge is -2.32. The molecule has 2 heterocycles. The minimum atomic E-state index is -0.421. The van der Waals surface area contributed by atoms with E-state index in [1.165, 1.54) is 6.07 Å². The summed E-state index contributed by atoms with van der Waals surface area (Å²) in [5.74, 6) is 0.180. The van der Waals surface area contributed by atoms with Crippen LogP contribution in [0.5, 0.6) is 0 Å². The minimum Gasteiger partial charge on any atom is -0.399 e. The van der Waals surface area contributed by atoms with Gasteiger partial charge < -0.3 is 14.6 Å². The fourth-order valence-corrected chi connectivity index (χ4v) is 3.22. The normalized spacial score (nSPS) is 24.7. The van der Waals surface area contributed by atoms with Gasteiger partial charge in [0.15, 0.2) is 0 Å². The molecule has 3 rings (SSSR count). The van der Waals surface area contributed by atoms with E-state index in [2.05, 4.69) is 5.32 Å². The SMILES string of the molecule is CC1(C)OB(c2ccc(F)cc2C2CCNCC2)OC1(C)C. The van der Waals surface area contributed by atoms with E-state index in [0.717, 1.165) is 37.0 Å². The van der Waals surface area contributed by atoms with E-state index in [1.807, 2.05) is 33.8 Å². The van der Waals surface area contributed by atoms with Crippen LogP contribution in [0, 0.1) is 5.82 Å². The van der Waals surface area contributed by atoms with E-state index in [-0.39, 0.29) is 17.0 Å². The summed E-state index contributed by atoms with van der Waals surface area (Å²) < 4.78 is 26.1. The first kappa shape index (κ1) is 16.0. The highest BCUT2D eigenvalue weighted by molar-refractivity contribution is 6.62. The molecule has 5 heteroatoms. The zero-order valence-corrected chi connectivity index (χ0v) is 13.9. The second kappa shape index (κ2) is 5.62. The van der Waals surface area contributed by atoms with Crippen LogP contribution in [0.2, 0.25) is 0 Å². The molecule has 22 heavy (non-hydrogen) atoms. The first-order valence-corrected chi connectivity index (χ1v) is 8.16. The molecule has 0 bridgehead atoms. The number of piperidine rings is 1. The second-order valence-corrected chi connectivity index (χ2v) is 7.39. The molecule has 0 atom stereocenters. The Balaban J connectivity index is 1.94. The van der Waals surface area contributed by atoms with Crippen molar-refractivity contribution in [2.45, 2.75) is 57.7 Å². The van der Waals surface area contributed by atoms with Crippen LogP contribution < -0.4 is 10.8 Å². The smallest absolute Gasteiger partial charge is 0.399 e. The lowest BCUT2D eigenvalue weighted by Crippen LogP contribution is -2.41. The van der Waals surface area contributed by atoms with E-state index in [0.29, 0.717) is 5.92 Å². The van der Waals surface area contributed by atoms with Gasteiger partial charge in [-0.25, -0.2) is 4.39 Å². The molecule has 0 amide bonds. The van der Waals surface area contributed by atoms with Crippen LogP contribution in [0.25, 0.3) is 0 Å². The molecule has 1 aromatic carbocycles. The van der Waals surface area contributed by atoms with Gasteiger partial charge >= 0.3 is 7.12 Å². The van der Waals surface area contributed by atoms with Crippen molar-refractivity contribution in [3.63, 3.8) is 0 Å². The number of halogens is 1. The molecule has 0 spiro atoms. The molecule has 0 aromatic heterocycles. The predicted octanol–water partition coefficient (Wildman–Crippen LogP) is 2.59. The third-order valence-electron chi connectivity index (χ3n) is 5.33. The van der Waals surface area contributed by atoms with Crippen LogP contribution in [0.3, 0.4) is 0 Å². The van der Waals surface area contributed by atoms with Gasteiger partial charge in [0.05, 0.1) is 11.2 Å². The van der Waals surface area contributed by atoms with Crippen molar-refractivity contribution in [3.8, 4) is 0 Å². The quantitative estimate of drug-likeness (QED) is 0.852. The maximum atomic E-state index is 13.8. The number of hydrogen-bond donors (Lipinski definition) is 1. The van der Waals surface area contributed by atoms with E-state index < -0.39 is 7.12 Å². The van der Waals surface area contributed by atoms with Gasteiger partial charge in [0.25, 0.3) is 0 Å². The molecule has 1 aromatic rings. The highest BCUT2D eigenvalue weighted by atomic mass is 19.1. The van der Waals surface area contributed by atoms with Crippen LogP contribution in [0.15, 0.2) is 18.2 Å². The zero-order chi connectivity index (χ0) is 16.0. The Hall–Kier alpha value is -0.905. The van der Waals surface area contributed by atoms with Crippen LogP contribution in [0.4, 0.5) is 4.39 Å². The Kier molecular flexibility index (Phi) is 4.08. The van der Waals surface area contributed by atoms with Crippen molar-refractivity contribution < 1.29 is 13.7 Å². The van der Waals surface area contributed by atoms with Gasteiger partial charge in [0, 0.05) is 0 Å². The lowest BCUT2D eigenvalue weighted by atomic mass is 9.71. The van der Waals surface area contributed by atoms with Crippen LogP contribution >= 0.6 is 0 Å². The number of hydrogen-bond acceptors (Lipinski definition) is 3. The molecular weight excluding hydrogens is 280 g/mol. The maximum Gasteiger partial charge on any atom is 0.495 e. The molecule has 2 aliphatic heterocycles. The standard InChI is InChI=1S/C17H25BFNO2/c1-16(2)17(3,4)22-18(21-16)15-6-5-13(19)11-14(15)12-7-9-20-10-8-12/h5-6,11-12,20H,7-10H2,1-4H3. The number of nitrogens with one attached hydrogen (secondary N) is 1. The molecule has 3 nitrogen and oxygen atoms in total. The Labute approximate surface area is 132 Å². The maximum absolute atomic E-state index is 13.8. The first-order valence-electron chi connectivity index (χ1n) is 8.16. The predicted molar refractivity (Wildman–Crippen MR) is 87.0 cm³/mol. The van der Waals surface area contributed by atoms with Crippen molar-refractivity contribution in [2.24, 2.45) is 0 Å². The molecule has 0 saturated carbocycles. The lowest BCUT2D eigenvalue weighted by molar-refractivity contribution is 0.00578. The average Bonchev–Trinajstić information content (AvgIpc) is 2.68. The van der Waals surface area contributed by atoms with Crippen molar-refractivity contribution in [1.29, 1.82) is 0 Å². The van der Waals surface area contributed by atoms with Gasteiger partial charge in [-0.1, -0.05) is 6.07 Å². The van der Waals surface area contributed by atoms with Crippen molar-refractivity contribution in [1.82, 2.24) is 5.32 Å². The number of benzene rings is 1. The average molecular weight is 305 g/mol. The zero-order valence-electron chi connectivity index (χ0n) is 13.9. The third-order valence-corrected chi connectivity index (χ3v) is 5.33. The van der Waals surface area contributed by atoms with Crippen LogP contribution in [-0.4, -0.2) is 31.4 Å². The molecule has 2 fully saturated rings. The third kappa shape index (κ3) is 2.82. The summed E-state index contributed by atoms with van der Waals surface area (Å²) in [7, 11) is -0.421. The van der Waals surface area contributed by atoms with Gasteiger partial charge in [-0.05, 0) is 82.7 Å². The molecule has 0 radical (unpaired) electrons. The minimum absolute atomic E-state index is 0.186. The van der Waals surface area contributed by atoms with E-state index >= 15 is 0 Å². The van der Waals surface area contributed by atoms with Crippen LogP contribution in [-0.2, 0) is 9.31 Å². The Morgan fingerprint density at radius 3 is 2.27 bits per heavy atom. The summed E-state index contributed by atoms with van der Waals surface area (Å²) in [5, 5.41) is 3.36. The highest BCUT2D eigenvalue weighted by Gasteiger charge is 2.52. The van der Waals surface area contributed by atoms with Gasteiger partial charge in [-0.2, -0.15) is 0 Å². The van der Waals surface area contributed by atoms with E-state index in [4.69, 9.17) is 9.31 Å². The van der Waals surface area contributed by atoms with Crippen molar-refractivity contribution >= 4 is 12.6 Å². The largest absolute Gasteiger partial charge is 0.495 e. The highest BCUT2D eigenvalue weighted by Crippen LogP contribution is 2.37. The molecule has 120 valence electrons. The Bertz CT molecular complexity index is 540. The summed E-state index contributed by atoms with van der Waals surface area (Å²) in [6, 6.07) is 5.00.